The van der Waals surface area contributed by atoms with Gasteiger partial charge in [-0.1, -0.05) is 49.0 Å². The highest BCUT2D eigenvalue weighted by atomic mass is 32.2. The van der Waals surface area contributed by atoms with Crippen LogP contribution in [0, 0.1) is 19.8 Å². The molecule has 5 nitrogen and oxygen atoms in total. The van der Waals surface area contributed by atoms with Gasteiger partial charge in [0.2, 0.25) is 0 Å². The summed E-state index contributed by atoms with van der Waals surface area (Å²) in [5, 5.41) is 12.2. The molecule has 0 bridgehead atoms. The van der Waals surface area contributed by atoms with Gasteiger partial charge in [0.15, 0.2) is 5.16 Å². The van der Waals surface area contributed by atoms with Crippen molar-refractivity contribution in [1.82, 2.24) is 9.55 Å². The van der Waals surface area contributed by atoms with Gasteiger partial charge in [0.25, 0.3) is 0 Å². The third-order valence-corrected chi connectivity index (χ3v) is 6.41. The number of benzene rings is 2. The molecule has 0 spiro atoms. The molecule has 1 atom stereocenters. The lowest BCUT2D eigenvalue weighted by molar-refractivity contribution is -0.143. The molecule has 1 aromatic heterocycles. The Morgan fingerprint density at radius 2 is 1.79 bits per heavy atom. The molecule has 2 aromatic carbocycles. The van der Waals surface area contributed by atoms with Crippen LogP contribution in [-0.2, 0) is 9.59 Å². The van der Waals surface area contributed by atoms with Crippen molar-refractivity contribution in [2.45, 2.75) is 50.9 Å². The van der Waals surface area contributed by atoms with Gasteiger partial charge in [-0.25, -0.2) is 4.98 Å². The second-order valence-electron chi connectivity index (χ2n) is 7.94. The number of aromatic nitrogens is 2. The number of thioether (sulfide) groups is 1. The van der Waals surface area contributed by atoms with E-state index in [1.54, 1.807) is 13.1 Å². The Morgan fingerprint density at radius 3 is 2.45 bits per heavy atom. The van der Waals surface area contributed by atoms with Crippen LogP contribution in [0.5, 0.6) is 0 Å². The third-order valence-electron chi connectivity index (χ3n) is 5.20. The Labute approximate surface area is 175 Å². The summed E-state index contributed by atoms with van der Waals surface area (Å²) in [5.74, 6) is -1.76. The third kappa shape index (κ3) is 4.22. The van der Waals surface area contributed by atoms with Gasteiger partial charge in [0, 0.05) is 23.7 Å². The Kier molecular flexibility index (Phi) is 5.85. The first-order valence-electron chi connectivity index (χ1n) is 9.60. The first kappa shape index (κ1) is 21.1. The van der Waals surface area contributed by atoms with Crippen LogP contribution in [0.25, 0.3) is 16.5 Å². The quantitative estimate of drug-likeness (QED) is 0.543. The number of imidazole rings is 1. The monoisotopic (exact) mass is 410 g/mol. The molecule has 0 saturated heterocycles. The van der Waals surface area contributed by atoms with E-state index in [4.69, 9.17) is 5.11 Å². The Bertz CT molecular complexity index is 1080. The average Bonchev–Trinajstić information content (AvgIpc) is 3.01. The van der Waals surface area contributed by atoms with Gasteiger partial charge in [-0.2, -0.15) is 0 Å². The van der Waals surface area contributed by atoms with E-state index in [1.165, 1.54) is 22.7 Å². The Morgan fingerprint density at radius 1 is 1.14 bits per heavy atom. The minimum Gasteiger partial charge on any atom is -0.481 e. The molecule has 0 aliphatic carbocycles. The number of carboxylic acid groups (broad SMARTS) is 1. The van der Waals surface area contributed by atoms with E-state index >= 15 is 0 Å². The van der Waals surface area contributed by atoms with E-state index in [0.29, 0.717) is 0 Å². The molecule has 1 heterocycles. The van der Waals surface area contributed by atoms with Gasteiger partial charge in [-0.15, -0.1) is 0 Å². The Hall–Kier alpha value is -2.60. The fraction of sp³-hybridized carbons (Fsp3) is 0.348. The van der Waals surface area contributed by atoms with Crippen molar-refractivity contribution in [3.05, 3.63) is 53.9 Å². The molecule has 0 aliphatic heterocycles. The van der Waals surface area contributed by atoms with Crippen molar-refractivity contribution in [1.29, 1.82) is 0 Å². The van der Waals surface area contributed by atoms with E-state index in [0.717, 1.165) is 21.9 Å². The highest BCUT2D eigenvalue weighted by Crippen LogP contribution is 2.37. The number of Topliss-reactive ketones (excluding diaryl/α,β-unsaturated/α-hetero) is 1. The van der Waals surface area contributed by atoms with Crippen LogP contribution in [0.1, 0.15) is 38.4 Å². The molecule has 29 heavy (non-hydrogen) atoms. The normalized spacial score (nSPS) is 12.9. The van der Waals surface area contributed by atoms with Gasteiger partial charge >= 0.3 is 5.97 Å². The number of rotatable bonds is 7. The van der Waals surface area contributed by atoms with Crippen LogP contribution >= 0.6 is 11.8 Å². The molecule has 0 saturated carbocycles. The molecular weight excluding hydrogens is 384 g/mol. The summed E-state index contributed by atoms with van der Waals surface area (Å²) >= 11 is 1.37. The second kappa shape index (κ2) is 8.03. The van der Waals surface area contributed by atoms with Gasteiger partial charge in [-0.3, -0.25) is 14.2 Å². The minimum atomic E-state index is -0.956. The van der Waals surface area contributed by atoms with Gasteiger partial charge in [0.1, 0.15) is 5.78 Å². The van der Waals surface area contributed by atoms with Crippen molar-refractivity contribution < 1.29 is 14.7 Å². The van der Waals surface area contributed by atoms with Crippen molar-refractivity contribution in [2.24, 2.45) is 5.92 Å². The smallest absolute Gasteiger partial charge is 0.306 e. The van der Waals surface area contributed by atoms with E-state index in [9.17, 15) is 9.59 Å². The van der Waals surface area contributed by atoms with E-state index in [-0.39, 0.29) is 12.2 Å². The topological polar surface area (TPSA) is 72.2 Å². The van der Waals surface area contributed by atoms with Crippen LogP contribution in [-0.4, -0.2) is 31.2 Å². The number of fused-ring (bicyclic) bond motifs is 1. The van der Waals surface area contributed by atoms with Gasteiger partial charge < -0.3 is 5.11 Å². The number of aliphatic carboxylic acids is 1. The van der Waals surface area contributed by atoms with Gasteiger partial charge in [0.05, 0.1) is 16.4 Å². The van der Waals surface area contributed by atoms with E-state index < -0.39 is 16.6 Å². The van der Waals surface area contributed by atoms with Crippen molar-refractivity contribution in [3.8, 4) is 5.69 Å². The molecule has 3 rings (SSSR count). The molecule has 152 valence electrons. The fourth-order valence-corrected chi connectivity index (χ4v) is 4.40. The summed E-state index contributed by atoms with van der Waals surface area (Å²) in [6.45, 7) is 9.30. The number of carboxylic acids is 1. The molecule has 6 heteroatoms. The minimum absolute atomic E-state index is 0.00247. The molecule has 3 aromatic rings. The lowest BCUT2D eigenvalue weighted by Crippen LogP contribution is -2.31. The van der Waals surface area contributed by atoms with Crippen LogP contribution in [0.15, 0.2) is 47.8 Å². The van der Waals surface area contributed by atoms with Gasteiger partial charge in [-0.05, 0) is 44.7 Å². The zero-order valence-corrected chi connectivity index (χ0v) is 18.2. The lowest BCUT2D eigenvalue weighted by Gasteiger charge is -2.24. The zero-order chi connectivity index (χ0) is 21.3. The second-order valence-corrected chi connectivity index (χ2v) is 9.53. The van der Waals surface area contributed by atoms with Crippen LogP contribution in [0.4, 0.5) is 0 Å². The number of ketones is 1. The first-order valence-corrected chi connectivity index (χ1v) is 10.4. The highest BCUT2D eigenvalue weighted by molar-refractivity contribution is 8.01. The summed E-state index contributed by atoms with van der Waals surface area (Å²) < 4.78 is 1.28. The van der Waals surface area contributed by atoms with Crippen molar-refractivity contribution in [2.75, 3.05) is 0 Å². The molecule has 1 unspecified atom stereocenters. The maximum Gasteiger partial charge on any atom is 0.306 e. The number of aryl methyl sites for hydroxylation is 2. The SMILES string of the molecule is Cc1ccc(-n2c(C)cnc2SC(C)(C)C(=O)CC(C)C(=O)O)c2ccccc12. The van der Waals surface area contributed by atoms with Crippen LogP contribution < -0.4 is 0 Å². The van der Waals surface area contributed by atoms with E-state index in [1.807, 2.05) is 32.9 Å². The predicted octanol–water partition coefficient (Wildman–Crippen LogP) is 5.19. The summed E-state index contributed by atoms with van der Waals surface area (Å²) in [6, 6.07) is 12.4. The molecular formula is C23H26N2O3S. The molecule has 0 amide bonds. The number of hydrogen-bond acceptors (Lipinski definition) is 4. The largest absolute Gasteiger partial charge is 0.481 e. The number of carbonyl (C=O) groups excluding carboxylic acids is 1. The standard InChI is InChI=1S/C23H26N2O3S/c1-14-10-11-19(18-9-7-6-8-17(14)18)25-16(3)13-24-22(25)29-23(4,5)20(26)12-15(2)21(27)28/h6-11,13,15H,12H2,1-5H3,(H,27,28). The maximum atomic E-state index is 12.8. The van der Waals surface area contributed by atoms with Crippen LogP contribution in [0.3, 0.4) is 0 Å². The van der Waals surface area contributed by atoms with Crippen molar-refractivity contribution in [3.63, 3.8) is 0 Å². The van der Waals surface area contributed by atoms with Crippen molar-refractivity contribution >= 4 is 34.3 Å². The highest BCUT2D eigenvalue weighted by Gasteiger charge is 2.33. The number of nitrogens with zero attached hydrogens (tertiary/aromatic N) is 2. The number of hydrogen-bond donors (Lipinski definition) is 1. The Balaban J connectivity index is 2.00. The number of carbonyl (C=O) groups is 2. The first-order chi connectivity index (χ1) is 13.6. The summed E-state index contributed by atoms with van der Waals surface area (Å²) in [4.78, 5) is 28.5. The molecule has 0 radical (unpaired) electrons. The van der Waals surface area contributed by atoms with E-state index in [2.05, 4.69) is 40.7 Å². The summed E-state index contributed by atoms with van der Waals surface area (Å²) in [5.41, 5.74) is 3.20. The summed E-state index contributed by atoms with van der Waals surface area (Å²) in [7, 11) is 0. The zero-order valence-electron chi connectivity index (χ0n) is 17.4. The fourth-order valence-electron chi connectivity index (χ4n) is 3.31. The predicted molar refractivity (Wildman–Crippen MR) is 117 cm³/mol. The molecule has 0 aliphatic rings. The average molecular weight is 411 g/mol. The molecule has 1 N–H and O–H groups in total. The molecule has 0 fully saturated rings. The summed E-state index contributed by atoms with van der Waals surface area (Å²) in [6.07, 6.45) is 1.81. The maximum absolute atomic E-state index is 12.8. The lowest BCUT2D eigenvalue weighted by atomic mass is 9.97. The van der Waals surface area contributed by atoms with Crippen LogP contribution in [0.2, 0.25) is 0 Å².